The molecule has 0 fully saturated rings. The van der Waals surface area contributed by atoms with Crippen LogP contribution in [0.3, 0.4) is 0 Å². The Hall–Kier alpha value is -1.36. The summed E-state index contributed by atoms with van der Waals surface area (Å²) in [6, 6.07) is 0. The maximum Gasteiger partial charge on any atom is 0.129 e. The van der Waals surface area contributed by atoms with Gasteiger partial charge in [-0.3, -0.25) is 5.10 Å². The normalized spacial score (nSPS) is 10.9. The highest BCUT2D eigenvalue weighted by atomic mass is 32.1. The molecule has 0 aliphatic rings. The standard InChI is InChI=1S/C12H18N4S/c1-2-3-4-5-6-9-8-17-12(15-9)10-7-14-16-11(10)13/h7-8H,2-6H2,1H3,(H3,13,14,16). The second-order valence-electron chi connectivity index (χ2n) is 4.15. The maximum atomic E-state index is 5.77. The molecule has 4 nitrogen and oxygen atoms in total. The van der Waals surface area contributed by atoms with Crippen LogP contribution in [0.2, 0.25) is 0 Å². The number of hydrogen-bond acceptors (Lipinski definition) is 4. The minimum Gasteiger partial charge on any atom is -0.383 e. The van der Waals surface area contributed by atoms with Crippen LogP contribution in [0.15, 0.2) is 11.6 Å². The summed E-state index contributed by atoms with van der Waals surface area (Å²) in [6.45, 7) is 2.22. The molecule has 3 N–H and O–H groups in total. The zero-order chi connectivity index (χ0) is 12.1. The van der Waals surface area contributed by atoms with Gasteiger partial charge in [-0.1, -0.05) is 26.2 Å². The Balaban J connectivity index is 1.95. The quantitative estimate of drug-likeness (QED) is 0.773. The zero-order valence-corrected chi connectivity index (χ0v) is 10.9. The number of thiazole rings is 1. The number of hydrogen-bond donors (Lipinski definition) is 2. The van der Waals surface area contributed by atoms with Crippen LogP contribution in [0.4, 0.5) is 5.82 Å². The molecule has 0 aliphatic heterocycles. The Kier molecular flexibility index (Phi) is 4.14. The predicted octanol–water partition coefficient (Wildman–Crippen LogP) is 3.24. The number of aromatic amines is 1. The van der Waals surface area contributed by atoms with E-state index in [1.54, 1.807) is 17.5 Å². The van der Waals surface area contributed by atoms with E-state index in [4.69, 9.17) is 5.73 Å². The first-order valence-corrected chi connectivity index (χ1v) is 6.93. The van der Waals surface area contributed by atoms with Gasteiger partial charge in [0.2, 0.25) is 0 Å². The van der Waals surface area contributed by atoms with Gasteiger partial charge in [-0.05, 0) is 12.8 Å². The number of H-pyrrole nitrogens is 1. The lowest BCUT2D eigenvalue weighted by Gasteiger charge is -1.96. The number of rotatable bonds is 6. The highest BCUT2D eigenvalue weighted by molar-refractivity contribution is 7.13. The van der Waals surface area contributed by atoms with Crippen LogP contribution < -0.4 is 5.73 Å². The fourth-order valence-corrected chi connectivity index (χ4v) is 2.62. The number of aromatic nitrogens is 3. The Morgan fingerprint density at radius 3 is 2.94 bits per heavy atom. The monoisotopic (exact) mass is 250 g/mol. The molecule has 0 atom stereocenters. The summed E-state index contributed by atoms with van der Waals surface area (Å²) < 4.78 is 0. The lowest BCUT2D eigenvalue weighted by molar-refractivity contribution is 0.662. The molecule has 0 saturated heterocycles. The van der Waals surface area contributed by atoms with E-state index in [9.17, 15) is 0 Å². The van der Waals surface area contributed by atoms with E-state index in [-0.39, 0.29) is 0 Å². The van der Waals surface area contributed by atoms with Gasteiger partial charge in [0, 0.05) is 5.38 Å². The first-order valence-electron chi connectivity index (χ1n) is 6.05. The second-order valence-corrected chi connectivity index (χ2v) is 5.01. The van der Waals surface area contributed by atoms with Gasteiger partial charge in [0.15, 0.2) is 0 Å². The van der Waals surface area contributed by atoms with Gasteiger partial charge in [-0.2, -0.15) is 5.10 Å². The first-order chi connectivity index (χ1) is 8.31. The van der Waals surface area contributed by atoms with Crippen molar-refractivity contribution in [3.05, 3.63) is 17.3 Å². The molecule has 0 aliphatic carbocycles. The Morgan fingerprint density at radius 2 is 2.24 bits per heavy atom. The second kappa shape index (κ2) is 5.82. The molecule has 0 aromatic carbocycles. The number of nitrogen functional groups attached to an aromatic ring is 1. The van der Waals surface area contributed by atoms with Gasteiger partial charge < -0.3 is 5.73 Å². The Bertz CT molecular complexity index is 461. The van der Waals surface area contributed by atoms with Crippen LogP contribution in [0.1, 0.15) is 38.3 Å². The minimum absolute atomic E-state index is 0.594. The van der Waals surface area contributed by atoms with Crippen LogP contribution >= 0.6 is 11.3 Å². The van der Waals surface area contributed by atoms with Crippen LogP contribution in [0.25, 0.3) is 10.6 Å². The summed E-state index contributed by atoms with van der Waals surface area (Å²) in [7, 11) is 0. The highest BCUT2D eigenvalue weighted by Crippen LogP contribution is 2.27. The molecule has 0 unspecified atom stereocenters. The van der Waals surface area contributed by atoms with Crippen molar-refractivity contribution in [2.24, 2.45) is 0 Å². The lowest BCUT2D eigenvalue weighted by Crippen LogP contribution is -1.89. The summed E-state index contributed by atoms with van der Waals surface area (Å²) in [5, 5.41) is 9.72. The largest absolute Gasteiger partial charge is 0.383 e. The smallest absolute Gasteiger partial charge is 0.129 e. The fourth-order valence-electron chi connectivity index (χ4n) is 1.74. The molecule has 5 heteroatoms. The van der Waals surface area contributed by atoms with Crippen molar-refractivity contribution in [3.8, 4) is 10.6 Å². The molecule has 0 radical (unpaired) electrons. The van der Waals surface area contributed by atoms with Crippen molar-refractivity contribution in [1.82, 2.24) is 15.2 Å². The summed E-state index contributed by atoms with van der Waals surface area (Å²) in [6.07, 6.45) is 7.89. The van der Waals surface area contributed by atoms with Crippen LogP contribution in [0.5, 0.6) is 0 Å². The summed E-state index contributed by atoms with van der Waals surface area (Å²) in [5.74, 6) is 0.594. The molecule has 0 amide bonds. The third kappa shape index (κ3) is 3.06. The predicted molar refractivity (Wildman–Crippen MR) is 72.0 cm³/mol. The van der Waals surface area contributed by atoms with E-state index in [1.807, 2.05) is 0 Å². The van der Waals surface area contributed by atoms with E-state index in [2.05, 4.69) is 27.5 Å². The SMILES string of the molecule is CCCCCCc1csc(-c2cn[nH]c2N)n1. The molecule has 0 spiro atoms. The first kappa shape index (κ1) is 12.1. The summed E-state index contributed by atoms with van der Waals surface area (Å²) >= 11 is 1.63. The third-order valence-electron chi connectivity index (χ3n) is 2.74. The van der Waals surface area contributed by atoms with Crippen molar-refractivity contribution in [2.75, 3.05) is 5.73 Å². The third-order valence-corrected chi connectivity index (χ3v) is 3.66. The van der Waals surface area contributed by atoms with Crippen molar-refractivity contribution < 1.29 is 0 Å². The number of nitrogens with one attached hydrogen (secondary N) is 1. The molecular formula is C12H18N4S. The maximum absolute atomic E-state index is 5.77. The summed E-state index contributed by atoms with van der Waals surface area (Å²) in [5.41, 5.74) is 7.85. The van der Waals surface area contributed by atoms with E-state index < -0.39 is 0 Å². The van der Waals surface area contributed by atoms with Crippen LogP contribution in [0, 0.1) is 0 Å². The molecule has 2 rings (SSSR count). The average Bonchev–Trinajstić information content (AvgIpc) is 2.93. The zero-order valence-electron chi connectivity index (χ0n) is 10.1. The molecule has 2 aromatic rings. The average molecular weight is 250 g/mol. The molecular weight excluding hydrogens is 232 g/mol. The minimum atomic E-state index is 0.594. The molecule has 17 heavy (non-hydrogen) atoms. The van der Waals surface area contributed by atoms with Gasteiger partial charge >= 0.3 is 0 Å². The number of nitrogens with zero attached hydrogens (tertiary/aromatic N) is 2. The van der Waals surface area contributed by atoms with Crippen LogP contribution in [-0.4, -0.2) is 15.2 Å². The fraction of sp³-hybridized carbons (Fsp3) is 0.500. The van der Waals surface area contributed by atoms with Gasteiger partial charge in [0.05, 0.1) is 17.5 Å². The van der Waals surface area contributed by atoms with Gasteiger partial charge in [-0.25, -0.2) is 4.98 Å². The van der Waals surface area contributed by atoms with Crippen LogP contribution in [-0.2, 0) is 6.42 Å². The molecule has 0 bridgehead atoms. The van der Waals surface area contributed by atoms with Gasteiger partial charge in [-0.15, -0.1) is 11.3 Å². The van der Waals surface area contributed by atoms with Crippen molar-refractivity contribution >= 4 is 17.2 Å². The highest BCUT2D eigenvalue weighted by Gasteiger charge is 2.09. The molecule has 92 valence electrons. The van der Waals surface area contributed by atoms with E-state index in [0.717, 1.165) is 17.0 Å². The summed E-state index contributed by atoms with van der Waals surface area (Å²) in [4.78, 5) is 4.59. The molecule has 2 aromatic heterocycles. The van der Waals surface area contributed by atoms with E-state index in [1.165, 1.54) is 31.4 Å². The Morgan fingerprint density at radius 1 is 1.35 bits per heavy atom. The topological polar surface area (TPSA) is 67.6 Å². The van der Waals surface area contributed by atoms with E-state index in [0.29, 0.717) is 5.82 Å². The molecule has 2 heterocycles. The van der Waals surface area contributed by atoms with Crippen molar-refractivity contribution in [3.63, 3.8) is 0 Å². The van der Waals surface area contributed by atoms with Crippen molar-refractivity contribution in [2.45, 2.75) is 39.0 Å². The van der Waals surface area contributed by atoms with E-state index >= 15 is 0 Å². The number of aryl methyl sites for hydroxylation is 1. The van der Waals surface area contributed by atoms with Gasteiger partial charge in [0.25, 0.3) is 0 Å². The van der Waals surface area contributed by atoms with Gasteiger partial charge in [0.1, 0.15) is 10.8 Å². The Labute approximate surface area is 105 Å². The molecule has 0 saturated carbocycles. The van der Waals surface area contributed by atoms with Crippen molar-refractivity contribution in [1.29, 1.82) is 0 Å². The number of anilines is 1. The lowest BCUT2D eigenvalue weighted by atomic mass is 10.1. The number of nitrogens with two attached hydrogens (primary N) is 1. The number of unbranched alkanes of at least 4 members (excludes halogenated alkanes) is 3.